The molecule has 1 amide bonds. The van der Waals surface area contributed by atoms with Crippen LogP contribution in [-0.4, -0.2) is 26.4 Å². The van der Waals surface area contributed by atoms with Crippen LogP contribution in [0.3, 0.4) is 0 Å². The smallest absolute Gasteiger partial charge is 0.234 e. The van der Waals surface area contributed by atoms with Gasteiger partial charge in [0.25, 0.3) is 0 Å². The number of benzene rings is 1. The number of nitrogens with one attached hydrogen (secondary N) is 1. The molecule has 1 aliphatic rings. The summed E-state index contributed by atoms with van der Waals surface area (Å²) in [5, 5.41) is 12.8. The van der Waals surface area contributed by atoms with Crippen LogP contribution in [0.2, 0.25) is 5.02 Å². The van der Waals surface area contributed by atoms with Gasteiger partial charge in [0.15, 0.2) is 5.16 Å². The van der Waals surface area contributed by atoms with Gasteiger partial charge in [-0.3, -0.25) is 4.79 Å². The molecule has 1 fully saturated rings. The molecular formula is C16H19ClN4OS. The first kappa shape index (κ1) is 16.3. The van der Waals surface area contributed by atoms with E-state index in [0.717, 1.165) is 23.1 Å². The molecule has 0 saturated heterocycles. The number of anilines is 1. The predicted octanol–water partition coefficient (Wildman–Crippen LogP) is 3.87. The van der Waals surface area contributed by atoms with Crippen molar-refractivity contribution < 1.29 is 4.79 Å². The summed E-state index contributed by atoms with van der Waals surface area (Å²) in [6.07, 6.45) is 2.38. The number of rotatable bonds is 6. The standard InChI is InChI=1S/C16H19ClN4OS/c1-3-21-15(11-5-6-11)19-20-16(21)23-9-14(22)18-12-7-4-10(2)13(17)8-12/h4,7-8,11H,3,5-6,9H2,1-2H3,(H,18,22). The van der Waals surface area contributed by atoms with E-state index in [0.29, 0.717) is 22.4 Å². The zero-order chi connectivity index (χ0) is 16.4. The molecule has 1 aromatic heterocycles. The summed E-state index contributed by atoms with van der Waals surface area (Å²) in [6.45, 7) is 4.84. The van der Waals surface area contributed by atoms with Gasteiger partial charge in [0.2, 0.25) is 5.91 Å². The summed E-state index contributed by atoms with van der Waals surface area (Å²) >= 11 is 7.49. The summed E-state index contributed by atoms with van der Waals surface area (Å²) in [7, 11) is 0. The molecule has 1 aromatic carbocycles. The Kier molecular flexibility index (Phi) is 4.92. The zero-order valence-corrected chi connectivity index (χ0v) is 14.7. The normalized spacial score (nSPS) is 14.0. The van der Waals surface area contributed by atoms with Gasteiger partial charge in [-0.1, -0.05) is 29.4 Å². The molecule has 0 spiro atoms. The van der Waals surface area contributed by atoms with E-state index in [1.807, 2.05) is 19.1 Å². The molecule has 0 atom stereocenters. The highest BCUT2D eigenvalue weighted by Gasteiger charge is 2.30. The van der Waals surface area contributed by atoms with Crippen molar-refractivity contribution in [2.75, 3.05) is 11.1 Å². The summed E-state index contributed by atoms with van der Waals surface area (Å²) < 4.78 is 2.11. The SMILES string of the molecule is CCn1c(SCC(=O)Nc2ccc(C)c(Cl)c2)nnc1C1CC1. The van der Waals surface area contributed by atoms with E-state index in [2.05, 4.69) is 27.0 Å². The van der Waals surface area contributed by atoms with Crippen LogP contribution in [0.5, 0.6) is 0 Å². The van der Waals surface area contributed by atoms with Crippen molar-refractivity contribution in [3.05, 3.63) is 34.6 Å². The second kappa shape index (κ2) is 6.93. The van der Waals surface area contributed by atoms with E-state index < -0.39 is 0 Å². The molecule has 2 aromatic rings. The fraction of sp³-hybridized carbons (Fsp3) is 0.438. The van der Waals surface area contributed by atoms with Crippen molar-refractivity contribution in [2.45, 2.75) is 44.3 Å². The molecule has 0 radical (unpaired) electrons. The average molecular weight is 351 g/mol. The monoisotopic (exact) mass is 350 g/mol. The highest BCUT2D eigenvalue weighted by Crippen LogP contribution is 2.39. The fourth-order valence-corrected chi connectivity index (χ4v) is 3.34. The number of aryl methyl sites for hydroxylation is 1. The van der Waals surface area contributed by atoms with Gasteiger partial charge in [-0.05, 0) is 44.4 Å². The van der Waals surface area contributed by atoms with Crippen molar-refractivity contribution >= 4 is 35.0 Å². The van der Waals surface area contributed by atoms with Crippen molar-refractivity contribution in [3.8, 4) is 0 Å². The predicted molar refractivity (Wildman–Crippen MR) is 93.2 cm³/mol. The van der Waals surface area contributed by atoms with Gasteiger partial charge in [0.05, 0.1) is 5.75 Å². The topological polar surface area (TPSA) is 59.8 Å². The van der Waals surface area contributed by atoms with Crippen LogP contribution >= 0.6 is 23.4 Å². The Balaban J connectivity index is 1.59. The number of hydrogen-bond donors (Lipinski definition) is 1. The number of aromatic nitrogens is 3. The van der Waals surface area contributed by atoms with E-state index in [4.69, 9.17) is 11.6 Å². The lowest BCUT2D eigenvalue weighted by Crippen LogP contribution is -2.14. The largest absolute Gasteiger partial charge is 0.325 e. The van der Waals surface area contributed by atoms with Gasteiger partial charge in [0, 0.05) is 23.2 Å². The number of carbonyl (C=O) groups is 1. The molecule has 0 bridgehead atoms. The summed E-state index contributed by atoms with van der Waals surface area (Å²) in [5.74, 6) is 1.84. The number of hydrogen-bond acceptors (Lipinski definition) is 4. The summed E-state index contributed by atoms with van der Waals surface area (Å²) in [5.41, 5.74) is 1.70. The van der Waals surface area contributed by atoms with E-state index in [1.165, 1.54) is 24.6 Å². The van der Waals surface area contributed by atoms with Crippen molar-refractivity contribution in [1.82, 2.24) is 14.8 Å². The lowest BCUT2D eigenvalue weighted by molar-refractivity contribution is -0.113. The van der Waals surface area contributed by atoms with Gasteiger partial charge in [-0.15, -0.1) is 10.2 Å². The first-order chi connectivity index (χ1) is 11.1. The van der Waals surface area contributed by atoms with Crippen LogP contribution in [-0.2, 0) is 11.3 Å². The summed E-state index contributed by atoms with van der Waals surface area (Å²) in [6, 6.07) is 5.50. The molecule has 1 aliphatic carbocycles. The first-order valence-corrected chi connectivity index (χ1v) is 9.06. The molecule has 5 nitrogen and oxygen atoms in total. The Bertz CT molecular complexity index is 727. The van der Waals surface area contributed by atoms with Crippen molar-refractivity contribution in [1.29, 1.82) is 0 Å². The zero-order valence-electron chi connectivity index (χ0n) is 13.2. The average Bonchev–Trinajstić information content (AvgIpc) is 3.29. The van der Waals surface area contributed by atoms with E-state index in [1.54, 1.807) is 6.07 Å². The Morgan fingerprint density at radius 3 is 2.87 bits per heavy atom. The van der Waals surface area contributed by atoms with Crippen LogP contribution in [0.4, 0.5) is 5.69 Å². The Morgan fingerprint density at radius 1 is 1.43 bits per heavy atom. The molecule has 1 saturated carbocycles. The molecule has 0 aliphatic heterocycles. The molecule has 23 heavy (non-hydrogen) atoms. The molecule has 3 rings (SSSR count). The minimum Gasteiger partial charge on any atom is -0.325 e. The maximum Gasteiger partial charge on any atom is 0.234 e. The Labute approximate surface area is 144 Å². The van der Waals surface area contributed by atoms with Crippen LogP contribution in [0.1, 0.15) is 37.1 Å². The van der Waals surface area contributed by atoms with Gasteiger partial charge in [-0.25, -0.2) is 0 Å². The maximum atomic E-state index is 12.1. The van der Waals surface area contributed by atoms with Crippen molar-refractivity contribution in [2.24, 2.45) is 0 Å². The Hall–Kier alpha value is -1.53. The first-order valence-electron chi connectivity index (χ1n) is 7.70. The Morgan fingerprint density at radius 2 is 2.22 bits per heavy atom. The quantitative estimate of drug-likeness (QED) is 0.803. The third-order valence-corrected chi connectivity index (χ3v) is 5.17. The minimum absolute atomic E-state index is 0.0754. The second-order valence-electron chi connectivity index (χ2n) is 5.66. The number of amides is 1. The highest BCUT2D eigenvalue weighted by atomic mass is 35.5. The number of carbonyl (C=O) groups excluding carboxylic acids is 1. The van der Waals surface area contributed by atoms with Crippen LogP contribution < -0.4 is 5.32 Å². The number of nitrogens with zero attached hydrogens (tertiary/aromatic N) is 3. The van der Waals surface area contributed by atoms with Crippen LogP contribution in [0.15, 0.2) is 23.4 Å². The minimum atomic E-state index is -0.0754. The summed E-state index contributed by atoms with van der Waals surface area (Å²) in [4.78, 5) is 12.1. The highest BCUT2D eigenvalue weighted by molar-refractivity contribution is 7.99. The van der Waals surface area contributed by atoms with Gasteiger partial charge in [0.1, 0.15) is 5.82 Å². The molecule has 122 valence electrons. The van der Waals surface area contributed by atoms with Crippen LogP contribution in [0.25, 0.3) is 0 Å². The third-order valence-electron chi connectivity index (χ3n) is 3.79. The van der Waals surface area contributed by atoms with E-state index in [9.17, 15) is 4.79 Å². The lowest BCUT2D eigenvalue weighted by atomic mass is 10.2. The second-order valence-corrected chi connectivity index (χ2v) is 7.01. The fourth-order valence-electron chi connectivity index (χ4n) is 2.35. The van der Waals surface area contributed by atoms with E-state index >= 15 is 0 Å². The molecule has 7 heteroatoms. The molecular weight excluding hydrogens is 332 g/mol. The molecule has 0 unspecified atom stereocenters. The number of thioether (sulfide) groups is 1. The van der Waals surface area contributed by atoms with E-state index in [-0.39, 0.29) is 5.91 Å². The lowest BCUT2D eigenvalue weighted by Gasteiger charge is -2.08. The molecule has 1 N–H and O–H groups in total. The molecule has 1 heterocycles. The number of halogens is 1. The van der Waals surface area contributed by atoms with Gasteiger partial charge in [-0.2, -0.15) is 0 Å². The van der Waals surface area contributed by atoms with Gasteiger partial charge < -0.3 is 9.88 Å². The van der Waals surface area contributed by atoms with Crippen LogP contribution in [0, 0.1) is 6.92 Å². The van der Waals surface area contributed by atoms with Gasteiger partial charge >= 0.3 is 0 Å². The third kappa shape index (κ3) is 3.87. The maximum absolute atomic E-state index is 12.1. The van der Waals surface area contributed by atoms with Crippen molar-refractivity contribution in [3.63, 3.8) is 0 Å².